The molecule has 6 heteroatoms. The summed E-state index contributed by atoms with van der Waals surface area (Å²) in [6.07, 6.45) is 2.49. The normalized spacial score (nSPS) is 11.6. The van der Waals surface area contributed by atoms with Crippen LogP contribution in [0.2, 0.25) is 0 Å². The van der Waals surface area contributed by atoms with Crippen molar-refractivity contribution in [2.75, 3.05) is 13.2 Å². The van der Waals surface area contributed by atoms with Crippen molar-refractivity contribution in [3.8, 4) is 5.75 Å². The van der Waals surface area contributed by atoms with Crippen molar-refractivity contribution in [1.29, 1.82) is 0 Å². The van der Waals surface area contributed by atoms with Gasteiger partial charge in [-0.15, -0.1) is 0 Å². The summed E-state index contributed by atoms with van der Waals surface area (Å²) in [5.74, 6) is 0.404. The average Bonchev–Trinajstić information content (AvgIpc) is 3.20. The first-order valence-electron chi connectivity index (χ1n) is 11.5. The molecule has 6 nitrogen and oxygen atoms in total. The lowest BCUT2D eigenvalue weighted by atomic mass is 10.0. The number of nitrogens with zero attached hydrogens (tertiary/aromatic N) is 2. The van der Waals surface area contributed by atoms with Crippen LogP contribution in [0.25, 0.3) is 38.2 Å². The maximum absolute atomic E-state index is 13.5. The molecule has 0 aliphatic rings. The molecule has 0 unspecified atom stereocenters. The van der Waals surface area contributed by atoms with Gasteiger partial charge in [-0.1, -0.05) is 24.8 Å². The van der Waals surface area contributed by atoms with Crippen LogP contribution in [0, 0.1) is 6.92 Å². The first-order valence-corrected chi connectivity index (χ1v) is 11.5. The Hall–Kier alpha value is -3.93. The van der Waals surface area contributed by atoms with Crippen LogP contribution < -0.4 is 10.3 Å². The lowest BCUT2D eigenvalue weighted by Crippen LogP contribution is -2.13. The number of ether oxygens (including phenoxy) is 2. The Morgan fingerprint density at radius 2 is 1.79 bits per heavy atom. The van der Waals surface area contributed by atoms with Crippen molar-refractivity contribution in [2.24, 2.45) is 0 Å². The van der Waals surface area contributed by atoms with E-state index in [-0.39, 0.29) is 11.5 Å². The van der Waals surface area contributed by atoms with E-state index in [4.69, 9.17) is 14.5 Å². The molecule has 5 rings (SSSR count). The van der Waals surface area contributed by atoms with E-state index in [2.05, 4.69) is 6.58 Å². The number of carbonyl (C=O) groups excluding carboxylic acids is 1. The predicted octanol–water partition coefficient (Wildman–Crippen LogP) is 5.57. The second-order valence-electron chi connectivity index (χ2n) is 8.73. The average molecular weight is 455 g/mol. The Balaban J connectivity index is 1.41. The van der Waals surface area contributed by atoms with Crippen molar-refractivity contribution in [1.82, 2.24) is 9.38 Å². The lowest BCUT2D eigenvalue weighted by molar-refractivity contribution is -0.139. The first kappa shape index (κ1) is 21.9. The number of imidazole rings is 1. The lowest BCUT2D eigenvalue weighted by Gasteiger charge is -2.13. The number of hydrogen-bond donors (Lipinski definition) is 0. The van der Waals surface area contributed by atoms with Gasteiger partial charge in [0.1, 0.15) is 11.4 Å². The van der Waals surface area contributed by atoms with Crippen LogP contribution in [-0.2, 0) is 9.53 Å². The van der Waals surface area contributed by atoms with Gasteiger partial charge in [0.05, 0.1) is 24.2 Å². The molecule has 0 N–H and O–H groups in total. The Labute approximate surface area is 196 Å². The van der Waals surface area contributed by atoms with E-state index in [1.165, 1.54) is 0 Å². The minimum absolute atomic E-state index is 0.0686. The summed E-state index contributed by atoms with van der Waals surface area (Å²) >= 11 is 0. The van der Waals surface area contributed by atoms with Crippen molar-refractivity contribution >= 4 is 44.2 Å². The number of rotatable bonds is 8. The van der Waals surface area contributed by atoms with Crippen LogP contribution in [0.4, 0.5) is 0 Å². The summed E-state index contributed by atoms with van der Waals surface area (Å²) in [6.45, 7) is 8.16. The third-order valence-electron chi connectivity index (χ3n) is 6.11. The SMILES string of the molecule is C=C(C)C(=O)OCCCCCOc1ccc2c3c1cccc3c(=O)n1c3ccc(C)cc3nc21. The predicted molar refractivity (Wildman–Crippen MR) is 135 cm³/mol. The highest BCUT2D eigenvalue weighted by molar-refractivity contribution is 6.17. The van der Waals surface area contributed by atoms with Crippen molar-refractivity contribution in [3.05, 3.63) is 76.6 Å². The molecule has 0 fully saturated rings. The van der Waals surface area contributed by atoms with Gasteiger partial charge in [-0.3, -0.25) is 9.20 Å². The summed E-state index contributed by atoms with van der Waals surface area (Å²) in [7, 11) is 0. The standard InChI is InChI=1S/C28H26N2O4/c1-17(2)28(32)34-15-6-4-5-14-33-24-13-11-20-25-19(24)8-7-9-21(25)27(31)30-23-12-10-18(3)16-22(23)29-26(20)30/h7-13,16H,1,4-6,14-15H2,2-3H3. The number of hydrogen-bond acceptors (Lipinski definition) is 5. The third kappa shape index (κ3) is 3.75. The maximum Gasteiger partial charge on any atom is 0.333 e. The summed E-state index contributed by atoms with van der Waals surface area (Å²) in [4.78, 5) is 29.7. The molecule has 0 radical (unpaired) electrons. The van der Waals surface area contributed by atoms with Gasteiger partial charge in [-0.25, -0.2) is 9.78 Å². The fourth-order valence-electron chi connectivity index (χ4n) is 4.42. The molecule has 2 aromatic heterocycles. The molecule has 0 saturated carbocycles. The monoisotopic (exact) mass is 454 g/mol. The second kappa shape index (κ2) is 8.78. The van der Waals surface area contributed by atoms with Gasteiger partial charge < -0.3 is 9.47 Å². The Bertz CT molecular complexity index is 1620. The molecule has 172 valence electrons. The molecule has 0 saturated heterocycles. The highest BCUT2D eigenvalue weighted by Gasteiger charge is 2.17. The molecule has 34 heavy (non-hydrogen) atoms. The van der Waals surface area contributed by atoms with E-state index in [1.54, 1.807) is 11.3 Å². The molecule has 0 spiro atoms. The number of aryl methyl sites for hydroxylation is 1. The van der Waals surface area contributed by atoms with Crippen LogP contribution in [0.1, 0.15) is 31.7 Å². The number of pyridine rings is 1. The molecule has 0 bridgehead atoms. The van der Waals surface area contributed by atoms with Gasteiger partial charge in [0.25, 0.3) is 5.56 Å². The van der Waals surface area contributed by atoms with Crippen molar-refractivity contribution in [3.63, 3.8) is 0 Å². The third-order valence-corrected chi connectivity index (χ3v) is 6.11. The van der Waals surface area contributed by atoms with Crippen LogP contribution in [0.5, 0.6) is 5.75 Å². The minimum atomic E-state index is -0.349. The van der Waals surface area contributed by atoms with Gasteiger partial charge in [0.15, 0.2) is 0 Å². The summed E-state index contributed by atoms with van der Waals surface area (Å²) in [6, 6.07) is 15.7. The van der Waals surface area contributed by atoms with Gasteiger partial charge >= 0.3 is 5.97 Å². The van der Waals surface area contributed by atoms with E-state index in [9.17, 15) is 9.59 Å². The van der Waals surface area contributed by atoms with E-state index < -0.39 is 0 Å². The molecule has 2 heterocycles. The molecule has 0 aliphatic heterocycles. The number of carbonyl (C=O) groups is 1. The van der Waals surface area contributed by atoms with E-state index in [1.807, 2.05) is 55.5 Å². The smallest absolute Gasteiger partial charge is 0.333 e. The molecule has 0 atom stereocenters. The Morgan fingerprint density at radius 3 is 2.62 bits per heavy atom. The zero-order valence-electron chi connectivity index (χ0n) is 19.4. The quantitative estimate of drug-likeness (QED) is 0.174. The number of fused-ring (bicyclic) bond motifs is 4. The molecular weight excluding hydrogens is 428 g/mol. The van der Waals surface area contributed by atoms with Crippen LogP contribution in [0.3, 0.4) is 0 Å². The van der Waals surface area contributed by atoms with Gasteiger partial charge in [0, 0.05) is 27.1 Å². The molecule has 3 aromatic carbocycles. The highest BCUT2D eigenvalue weighted by atomic mass is 16.5. The number of aromatic nitrogens is 2. The van der Waals surface area contributed by atoms with Crippen LogP contribution in [-0.4, -0.2) is 28.6 Å². The van der Waals surface area contributed by atoms with E-state index in [0.29, 0.717) is 29.8 Å². The number of esters is 1. The Kier molecular flexibility index (Phi) is 5.65. The van der Waals surface area contributed by atoms with Crippen molar-refractivity contribution < 1.29 is 14.3 Å². The molecular formula is C28H26N2O4. The second-order valence-corrected chi connectivity index (χ2v) is 8.73. The summed E-state index contributed by atoms with van der Waals surface area (Å²) in [5, 5.41) is 3.39. The van der Waals surface area contributed by atoms with Gasteiger partial charge in [-0.05, 0) is 69.0 Å². The summed E-state index contributed by atoms with van der Waals surface area (Å²) < 4.78 is 12.9. The fraction of sp³-hybridized carbons (Fsp3) is 0.250. The number of benzene rings is 3. The Morgan fingerprint density at radius 1 is 1.00 bits per heavy atom. The largest absolute Gasteiger partial charge is 0.493 e. The van der Waals surface area contributed by atoms with Crippen LogP contribution >= 0.6 is 0 Å². The number of unbranched alkanes of at least 4 members (excludes halogenated alkanes) is 2. The molecule has 0 aliphatic carbocycles. The van der Waals surface area contributed by atoms with Crippen molar-refractivity contribution in [2.45, 2.75) is 33.1 Å². The van der Waals surface area contributed by atoms with Crippen LogP contribution in [0.15, 0.2) is 65.5 Å². The first-order chi connectivity index (χ1) is 16.5. The van der Waals surface area contributed by atoms with E-state index >= 15 is 0 Å². The van der Waals surface area contributed by atoms with E-state index in [0.717, 1.165) is 57.8 Å². The topological polar surface area (TPSA) is 69.9 Å². The molecule has 5 aromatic rings. The summed E-state index contributed by atoms with van der Waals surface area (Å²) in [5.41, 5.74) is 3.76. The maximum atomic E-state index is 13.5. The minimum Gasteiger partial charge on any atom is -0.493 e. The zero-order valence-corrected chi connectivity index (χ0v) is 19.4. The van der Waals surface area contributed by atoms with Gasteiger partial charge in [0.2, 0.25) is 0 Å². The molecule has 0 amide bonds. The van der Waals surface area contributed by atoms with Gasteiger partial charge in [-0.2, -0.15) is 0 Å². The zero-order chi connectivity index (χ0) is 23.8. The fourth-order valence-corrected chi connectivity index (χ4v) is 4.42. The highest BCUT2D eigenvalue weighted by Crippen LogP contribution is 2.35.